The molecule has 0 aromatic heterocycles. The van der Waals surface area contributed by atoms with E-state index in [1.54, 1.807) is 13.8 Å². The normalized spacial score (nSPS) is 14.6. The highest BCUT2D eigenvalue weighted by molar-refractivity contribution is 5.97. The average Bonchev–Trinajstić information content (AvgIpc) is 3.22. The second-order valence-corrected chi connectivity index (χ2v) is 15.9. The Morgan fingerprint density at radius 1 is 0.600 bits per heavy atom. The Labute approximate surface area is 375 Å². The third kappa shape index (κ3) is 21.9. The van der Waals surface area contributed by atoms with Crippen molar-refractivity contribution in [2.45, 2.75) is 135 Å². The molecule has 65 heavy (non-hydrogen) atoms. The van der Waals surface area contributed by atoms with Gasteiger partial charge in [-0.05, 0) is 62.1 Å². The molecule has 0 bridgehead atoms. The minimum Gasteiger partial charge on any atom is -0.508 e. The van der Waals surface area contributed by atoms with Crippen LogP contribution in [0, 0.1) is 11.8 Å². The first-order valence-corrected chi connectivity index (χ1v) is 20.9. The van der Waals surface area contributed by atoms with Gasteiger partial charge in [-0.2, -0.15) is 0 Å². The highest BCUT2D eigenvalue weighted by Gasteiger charge is 2.34. The molecule has 0 fully saturated rings. The predicted molar refractivity (Wildman–Crippen MR) is 229 cm³/mol. The number of rotatable bonds is 30. The van der Waals surface area contributed by atoms with Gasteiger partial charge >= 0.3 is 17.9 Å². The van der Waals surface area contributed by atoms with Crippen LogP contribution in [-0.2, 0) is 59.2 Å². The van der Waals surface area contributed by atoms with Gasteiger partial charge in [0.2, 0.25) is 47.3 Å². The summed E-state index contributed by atoms with van der Waals surface area (Å²) in [6.45, 7) is 7.86. The lowest BCUT2D eigenvalue weighted by atomic mass is 9.98. The highest BCUT2D eigenvalue weighted by atomic mass is 16.4. The number of aromatic hydroxyl groups is 1. The van der Waals surface area contributed by atoms with Crippen molar-refractivity contribution in [3.05, 3.63) is 29.8 Å². The number of nitrogens with two attached hydrogens (primary N) is 2. The molecule has 0 aliphatic carbocycles. The number of carbonyl (C=O) groups excluding carboxylic acids is 8. The summed E-state index contributed by atoms with van der Waals surface area (Å²) < 4.78 is 0. The zero-order chi connectivity index (χ0) is 49.6. The van der Waals surface area contributed by atoms with E-state index in [9.17, 15) is 73.2 Å². The maximum atomic E-state index is 13.7. The number of carboxylic acids is 3. The van der Waals surface area contributed by atoms with Gasteiger partial charge in [-0.3, -0.25) is 47.9 Å². The van der Waals surface area contributed by atoms with Crippen molar-refractivity contribution in [1.29, 1.82) is 0 Å². The molecule has 0 saturated heterocycles. The number of benzene rings is 1. The molecule has 0 spiro atoms. The molecule has 8 atom stereocenters. The molecule has 0 radical (unpaired) electrons. The van der Waals surface area contributed by atoms with Crippen molar-refractivity contribution in [3.63, 3.8) is 0 Å². The molecule has 15 N–H and O–H groups in total. The number of phenols is 1. The standard InChI is InChI=1S/C41H63N9O15/c1-6-21(4)34(50-31(53)19-44-36(59)25(42)17-20(2)3)40(63)45-22(5)35(58)46-27(12-15-32(54)55)38(61)47-26(11-14-30(43)52)37(60)48-28(13-16-33(56)57)39(62)49-29(41(64)65)18-23-7-9-24(51)10-8-23/h7-10,20-22,25-29,34,51H,6,11-19,42H2,1-5H3,(H2,43,52)(H,44,59)(H,45,63)(H,46,58)(H,47,61)(H,48,60)(H,49,62)(H,50,53)(H,54,55)(H,56,57)(H,64,65)/t21-,22-,25-,26-,27-,28-,29-,34-/m0/s1. The van der Waals surface area contributed by atoms with Crippen LogP contribution in [0.1, 0.15) is 91.5 Å². The Balaban J connectivity index is 3.25. The molecule has 8 amide bonds. The number of carbonyl (C=O) groups is 11. The fourth-order valence-electron chi connectivity index (χ4n) is 6.02. The molecule has 24 heteroatoms. The summed E-state index contributed by atoms with van der Waals surface area (Å²) in [4.78, 5) is 139. The number of phenolic OH excluding ortho intramolecular Hbond substituents is 1. The number of primary amides is 1. The first-order chi connectivity index (χ1) is 30.3. The fourth-order valence-corrected chi connectivity index (χ4v) is 6.02. The van der Waals surface area contributed by atoms with Gasteiger partial charge in [0.05, 0.1) is 12.6 Å². The van der Waals surface area contributed by atoms with Crippen molar-refractivity contribution in [3.8, 4) is 5.75 Å². The Morgan fingerprint density at radius 2 is 1.06 bits per heavy atom. The Hall–Kier alpha value is -6.85. The van der Waals surface area contributed by atoms with E-state index in [0.717, 1.165) is 0 Å². The van der Waals surface area contributed by atoms with E-state index < -0.39 is 158 Å². The minimum atomic E-state index is -1.72. The Morgan fingerprint density at radius 3 is 1.49 bits per heavy atom. The number of nitrogens with one attached hydrogen (secondary N) is 7. The summed E-state index contributed by atoms with van der Waals surface area (Å²) in [5, 5.41) is 54.5. The average molecular weight is 922 g/mol. The van der Waals surface area contributed by atoms with E-state index in [2.05, 4.69) is 37.2 Å². The van der Waals surface area contributed by atoms with Crippen LogP contribution in [-0.4, -0.2) is 134 Å². The van der Waals surface area contributed by atoms with Gasteiger partial charge in [0.25, 0.3) is 0 Å². The zero-order valence-electron chi connectivity index (χ0n) is 37.0. The molecule has 1 rings (SSSR count). The third-order valence-electron chi connectivity index (χ3n) is 9.91. The van der Waals surface area contributed by atoms with Crippen LogP contribution < -0.4 is 48.7 Å². The number of hydrogen-bond acceptors (Lipinski definition) is 13. The molecular weight excluding hydrogens is 858 g/mol. The van der Waals surface area contributed by atoms with Crippen LogP contribution in [0.2, 0.25) is 0 Å². The quantitative estimate of drug-likeness (QED) is 0.0379. The van der Waals surface area contributed by atoms with Gasteiger partial charge in [-0.25, -0.2) is 4.79 Å². The van der Waals surface area contributed by atoms with E-state index in [0.29, 0.717) is 18.4 Å². The minimum absolute atomic E-state index is 0.105. The smallest absolute Gasteiger partial charge is 0.326 e. The van der Waals surface area contributed by atoms with Gasteiger partial charge in [0.1, 0.15) is 42.0 Å². The lowest BCUT2D eigenvalue weighted by molar-refractivity contribution is -0.143. The Kier molecular flexibility index (Phi) is 24.2. The number of carboxylic acid groups (broad SMARTS) is 3. The second kappa shape index (κ2) is 28.0. The molecule has 24 nitrogen and oxygen atoms in total. The van der Waals surface area contributed by atoms with Crippen LogP contribution in [0.25, 0.3) is 0 Å². The monoisotopic (exact) mass is 921 g/mol. The largest absolute Gasteiger partial charge is 0.508 e. The van der Waals surface area contributed by atoms with Crippen LogP contribution in [0.15, 0.2) is 24.3 Å². The van der Waals surface area contributed by atoms with E-state index in [1.165, 1.54) is 31.2 Å². The van der Waals surface area contributed by atoms with Crippen LogP contribution >= 0.6 is 0 Å². The molecule has 0 aliphatic rings. The molecule has 1 aromatic carbocycles. The second-order valence-electron chi connectivity index (χ2n) is 15.9. The summed E-state index contributed by atoms with van der Waals surface area (Å²) in [5.41, 5.74) is 11.5. The first-order valence-electron chi connectivity index (χ1n) is 20.9. The molecule has 0 aliphatic heterocycles. The summed E-state index contributed by atoms with van der Waals surface area (Å²) >= 11 is 0. The maximum Gasteiger partial charge on any atom is 0.326 e. The van der Waals surface area contributed by atoms with Crippen LogP contribution in [0.5, 0.6) is 5.75 Å². The van der Waals surface area contributed by atoms with Crippen molar-refractivity contribution in [2.24, 2.45) is 23.3 Å². The molecule has 1 aromatic rings. The maximum absolute atomic E-state index is 13.7. The Bertz CT molecular complexity index is 1860. The highest BCUT2D eigenvalue weighted by Crippen LogP contribution is 2.13. The number of aliphatic carboxylic acids is 3. The van der Waals surface area contributed by atoms with Gasteiger partial charge in [-0.15, -0.1) is 0 Å². The predicted octanol–water partition coefficient (Wildman–Crippen LogP) is -2.52. The third-order valence-corrected chi connectivity index (χ3v) is 9.91. The SMILES string of the molecule is CC[C@H](C)[C@H](NC(=O)CNC(=O)[C@@H](N)CC(C)C)C(=O)N[C@@H](C)C(=O)N[C@@H](CCC(=O)O)C(=O)N[C@@H](CCC(N)=O)C(=O)N[C@@H](CCC(=O)O)C(=O)N[C@@H](Cc1ccc(O)cc1)C(=O)O. The van der Waals surface area contributed by atoms with Crippen LogP contribution in [0.3, 0.4) is 0 Å². The van der Waals surface area contributed by atoms with Crippen molar-refractivity contribution >= 4 is 65.2 Å². The molecule has 0 saturated carbocycles. The topological polar surface area (TPSA) is 405 Å². The van der Waals surface area contributed by atoms with Gasteiger partial charge in [0, 0.05) is 25.7 Å². The summed E-state index contributed by atoms with van der Waals surface area (Å²) in [5.74, 6) is -12.2. The van der Waals surface area contributed by atoms with E-state index in [-0.39, 0.29) is 18.1 Å². The summed E-state index contributed by atoms with van der Waals surface area (Å²) in [7, 11) is 0. The van der Waals surface area contributed by atoms with Crippen LogP contribution in [0.4, 0.5) is 0 Å². The summed E-state index contributed by atoms with van der Waals surface area (Å²) in [6, 6.07) is -4.81. The van der Waals surface area contributed by atoms with Gasteiger partial charge < -0.3 is 69.1 Å². The van der Waals surface area contributed by atoms with Crippen molar-refractivity contribution in [1.82, 2.24) is 37.2 Å². The van der Waals surface area contributed by atoms with E-state index >= 15 is 0 Å². The summed E-state index contributed by atoms with van der Waals surface area (Å²) in [6.07, 6.45) is -3.07. The molecule has 0 heterocycles. The zero-order valence-corrected chi connectivity index (χ0v) is 37.0. The first kappa shape index (κ1) is 56.2. The number of hydrogen-bond donors (Lipinski definition) is 13. The molecular formula is C41H63N9O15. The van der Waals surface area contributed by atoms with E-state index in [4.69, 9.17) is 11.5 Å². The lowest BCUT2D eigenvalue weighted by Crippen LogP contribution is -2.59. The molecule has 362 valence electrons. The fraction of sp³-hybridized carbons (Fsp3) is 0.585. The van der Waals surface area contributed by atoms with E-state index in [1.807, 2.05) is 13.8 Å². The van der Waals surface area contributed by atoms with Crippen molar-refractivity contribution < 1.29 is 73.2 Å². The lowest BCUT2D eigenvalue weighted by Gasteiger charge is -2.27. The van der Waals surface area contributed by atoms with Gasteiger partial charge in [-0.1, -0.05) is 46.2 Å². The van der Waals surface area contributed by atoms with Crippen molar-refractivity contribution in [2.75, 3.05) is 6.54 Å². The number of amides is 8. The molecule has 0 unspecified atom stereocenters. The van der Waals surface area contributed by atoms with Gasteiger partial charge in [0.15, 0.2) is 0 Å².